The zero-order valence-electron chi connectivity index (χ0n) is 9.94. The van der Waals surface area contributed by atoms with E-state index >= 15 is 0 Å². The third-order valence-electron chi connectivity index (χ3n) is 2.33. The van der Waals surface area contributed by atoms with Crippen molar-refractivity contribution in [1.82, 2.24) is 0 Å². The first-order chi connectivity index (χ1) is 7.90. The average molecular weight is 234 g/mol. The van der Waals surface area contributed by atoms with E-state index in [0.717, 1.165) is 0 Å². The van der Waals surface area contributed by atoms with E-state index in [1.165, 1.54) is 21.0 Å². The number of hydrogen-bond acceptors (Lipinski definition) is 4. The number of carboxylic acids is 1. The minimum atomic E-state index is -1.15. The quantitative estimate of drug-likeness (QED) is 0.830. The van der Waals surface area contributed by atoms with Gasteiger partial charge in [-0.15, -0.1) is 0 Å². The van der Waals surface area contributed by atoms with Gasteiger partial charge in [-0.3, -0.25) is 0 Å². The number of nitriles is 1. The summed E-state index contributed by atoms with van der Waals surface area (Å²) in [5.41, 5.74) is -0.336. The number of carbonyl (C=O) groups is 1. The molecule has 0 heterocycles. The maximum Gasteiger partial charge on any atom is 0.328 e. The highest BCUT2D eigenvalue weighted by molar-refractivity contribution is 5.82. The summed E-state index contributed by atoms with van der Waals surface area (Å²) in [5, 5.41) is 20.8. The van der Waals surface area contributed by atoms with Crippen LogP contribution in [0.1, 0.15) is 19.4 Å². The van der Waals surface area contributed by atoms with Gasteiger partial charge in [0.1, 0.15) is 17.4 Å². The highest BCUT2D eigenvalue weighted by Gasteiger charge is 2.27. The second-order valence-electron chi connectivity index (χ2n) is 4.08. The fourth-order valence-corrected chi connectivity index (χ4v) is 1.24. The van der Waals surface area contributed by atoms with Crippen molar-refractivity contribution < 1.29 is 14.6 Å². The van der Waals surface area contributed by atoms with Gasteiger partial charge in [0.2, 0.25) is 0 Å². The van der Waals surface area contributed by atoms with Crippen LogP contribution in [-0.2, 0) is 4.79 Å². The molecule has 0 fully saturated rings. The number of anilines is 1. The SMILES string of the molecule is COc1ccc(C#N)c(NC(C)(C)C(=O)O)c1. The maximum atomic E-state index is 11.0. The van der Waals surface area contributed by atoms with E-state index in [2.05, 4.69) is 5.32 Å². The van der Waals surface area contributed by atoms with Gasteiger partial charge >= 0.3 is 5.97 Å². The lowest BCUT2D eigenvalue weighted by molar-refractivity contribution is -0.141. The molecule has 0 bridgehead atoms. The third kappa shape index (κ3) is 2.88. The molecule has 2 N–H and O–H groups in total. The maximum absolute atomic E-state index is 11.0. The molecule has 0 saturated heterocycles. The van der Waals surface area contributed by atoms with Gasteiger partial charge in [0, 0.05) is 6.07 Å². The number of rotatable bonds is 4. The van der Waals surface area contributed by atoms with Crippen molar-refractivity contribution in [1.29, 1.82) is 5.26 Å². The number of hydrogen-bond donors (Lipinski definition) is 2. The van der Waals surface area contributed by atoms with E-state index in [9.17, 15) is 4.79 Å². The lowest BCUT2D eigenvalue weighted by Crippen LogP contribution is -2.40. The van der Waals surface area contributed by atoms with Crippen LogP contribution in [0.2, 0.25) is 0 Å². The molecular weight excluding hydrogens is 220 g/mol. The molecule has 0 aliphatic rings. The van der Waals surface area contributed by atoms with Gasteiger partial charge in [0.15, 0.2) is 0 Å². The Balaban J connectivity index is 3.13. The van der Waals surface area contributed by atoms with E-state index in [0.29, 0.717) is 17.0 Å². The molecule has 0 spiro atoms. The van der Waals surface area contributed by atoms with E-state index in [4.69, 9.17) is 15.1 Å². The molecule has 90 valence electrons. The monoisotopic (exact) mass is 234 g/mol. The molecule has 0 radical (unpaired) electrons. The zero-order chi connectivity index (χ0) is 13.1. The standard InChI is InChI=1S/C12H14N2O3/c1-12(2,11(15)16)14-10-6-9(17-3)5-4-8(10)7-13/h4-6,14H,1-3H3,(H,15,16). The summed E-state index contributed by atoms with van der Waals surface area (Å²) in [4.78, 5) is 11.0. The van der Waals surface area contributed by atoms with Gasteiger partial charge in [-0.2, -0.15) is 5.26 Å². The smallest absolute Gasteiger partial charge is 0.328 e. The Morgan fingerprint density at radius 1 is 1.53 bits per heavy atom. The Labute approximate surface area is 99.6 Å². The van der Waals surface area contributed by atoms with Crippen LogP contribution in [0.3, 0.4) is 0 Å². The first-order valence-electron chi connectivity index (χ1n) is 5.00. The first-order valence-corrected chi connectivity index (χ1v) is 5.00. The highest BCUT2D eigenvalue weighted by Crippen LogP contribution is 2.25. The molecular formula is C12H14N2O3. The van der Waals surface area contributed by atoms with Crippen LogP contribution in [0.5, 0.6) is 5.75 Å². The van der Waals surface area contributed by atoms with Gasteiger partial charge < -0.3 is 15.2 Å². The minimum Gasteiger partial charge on any atom is -0.497 e. The van der Waals surface area contributed by atoms with E-state index in [1.54, 1.807) is 18.2 Å². The Bertz CT molecular complexity index is 475. The van der Waals surface area contributed by atoms with E-state index < -0.39 is 11.5 Å². The molecule has 1 aromatic carbocycles. The number of benzene rings is 1. The first kappa shape index (κ1) is 12.8. The van der Waals surface area contributed by atoms with Crippen LogP contribution >= 0.6 is 0 Å². The molecule has 0 unspecified atom stereocenters. The van der Waals surface area contributed by atoms with E-state index in [1.807, 2.05) is 6.07 Å². The minimum absolute atomic E-state index is 0.375. The van der Waals surface area contributed by atoms with Crippen LogP contribution in [0.25, 0.3) is 0 Å². The van der Waals surface area contributed by atoms with Crippen molar-refractivity contribution >= 4 is 11.7 Å². The van der Waals surface area contributed by atoms with Crippen LogP contribution in [0.15, 0.2) is 18.2 Å². The van der Waals surface area contributed by atoms with Gasteiger partial charge in [0.25, 0.3) is 0 Å². The molecule has 0 atom stereocenters. The number of nitrogens with zero attached hydrogens (tertiary/aromatic N) is 1. The molecule has 5 heteroatoms. The summed E-state index contributed by atoms with van der Waals surface area (Å²) < 4.78 is 5.03. The third-order valence-corrected chi connectivity index (χ3v) is 2.33. The Hall–Kier alpha value is -2.22. The normalized spacial score (nSPS) is 10.5. The lowest BCUT2D eigenvalue weighted by Gasteiger charge is -2.23. The second-order valence-corrected chi connectivity index (χ2v) is 4.08. The van der Waals surface area contributed by atoms with Crippen LogP contribution in [-0.4, -0.2) is 23.7 Å². The number of aliphatic carboxylic acids is 1. The molecule has 0 amide bonds. The highest BCUT2D eigenvalue weighted by atomic mass is 16.5. The van der Waals surface area contributed by atoms with Gasteiger partial charge in [0.05, 0.1) is 18.4 Å². The number of carboxylic acid groups (broad SMARTS) is 1. The molecule has 17 heavy (non-hydrogen) atoms. The number of nitrogens with one attached hydrogen (secondary N) is 1. The molecule has 0 aliphatic carbocycles. The van der Waals surface area contributed by atoms with Crippen molar-refractivity contribution in [3.8, 4) is 11.8 Å². The summed E-state index contributed by atoms with van der Waals surface area (Å²) in [6.07, 6.45) is 0. The largest absolute Gasteiger partial charge is 0.497 e. The summed E-state index contributed by atoms with van der Waals surface area (Å²) in [7, 11) is 1.51. The van der Waals surface area contributed by atoms with Crippen molar-refractivity contribution in [2.75, 3.05) is 12.4 Å². The molecule has 1 rings (SSSR count). The van der Waals surface area contributed by atoms with E-state index in [-0.39, 0.29) is 0 Å². The predicted molar refractivity (Wildman–Crippen MR) is 63.0 cm³/mol. The number of methoxy groups -OCH3 is 1. The summed E-state index contributed by atoms with van der Waals surface area (Å²) in [6, 6.07) is 6.83. The van der Waals surface area contributed by atoms with Crippen LogP contribution in [0, 0.1) is 11.3 Å². The lowest BCUT2D eigenvalue weighted by atomic mass is 10.0. The summed E-state index contributed by atoms with van der Waals surface area (Å²) in [5.74, 6) is -0.433. The van der Waals surface area contributed by atoms with Crippen molar-refractivity contribution in [2.45, 2.75) is 19.4 Å². The topological polar surface area (TPSA) is 82.3 Å². The van der Waals surface area contributed by atoms with Gasteiger partial charge in [-0.25, -0.2) is 4.79 Å². The number of ether oxygens (including phenoxy) is 1. The fourth-order valence-electron chi connectivity index (χ4n) is 1.24. The average Bonchev–Trinajstić information content (AvgIpc) is 2.28. The Morgan fingerprint density at radius 2 is 2.18 bits per heavy atom. The van der Waals surface area contributed by atoms with Gasteiger partial charge in [-0.05, 0) is 26.0 Å². The van der Waals surface area contributed by atoms with Crippen LogP contribution in [0.4, 0.5) is 5.69 Å². The Morgan fingerprint density at radius 3 is 2.65 bits per heavy atom. The van der Waals surface area contributed by atoms with Crippen LogP contribution < -0.4 is 10.1 Å². The summed E-state index contributed by atoms with van der Waals surface area (Å²) in [6.45, 7) is 3.05. The molecule has 0 aromatic heterocycles. The van der Waals surface area contributed by atoms with Crippen molar-refractivity contribution in [3.63, 3.8) is 0 Å². The van der Waals surface area contributed by atoms with Gasteiger partial charge in [-0.1, -0.05) is 0 Å². The Kier molecular flexibility index (Phi) is 3.59. The molecule has 5 nitrogen and oxygen atoms in total. The zero-order valence-corrected chi connectivity index (χ0v) is 9.94. The summed E-state index contributed by atoms with van der Waals surface area (Å²) >= 11 is 0. The molecule has 0 saturated carbocycles. The predicted octanol–water partition coefficient (Wildman–Crippen LogP) is 1.84. The fraction of sp³-hybridized carbons (Fsp3) is 0.333. The molecule has 0 aliphatic heterocycles. The second kappa shape index (κ2) is 4.74. The van der Waals surface area contributed by atoms with Crippen molar-refractivity contribution in [3.05, 3.63) is 23.8 Å². The molecule has 1 aromatic rings. The van der Waals surface area contributed by atoms with Crippen molar-refractivity contribution in [2.24, 2.45) is 0 Å².